The van der Waals surface area contributed by atoms with E-state index in [1.165, 1.54) is 21.2 Å². The van der Waals surface area contributed by atoms with Gasteiger partial charge in [0.2, 0.25) is 0 Å². The van der Waals surface area contributed by atoms with Crippen molar-refractivity contribution in [2.75, 3.05) is 0 Å². The summed E-state index contributed by atoms with van der Waals surface area (Å²) >= 11 is 10.2. The van der Waals surface area contributed by atoms with E-state index in [1.54, 1.807) is 0 Å². The van der Waals surface area contributed by atoms with Crippen LogP contribution in [0.1, 0.15) is 22.3 Å². The van der Waals surface area contributed by atoms with Crippen LogP contribution in [0.25, 0.3) is 0 Å². The van der Waals surface area contributed by atoms with Gasteiger partial charge in [0, 0.05) is 14.3 Å². The minimum absolute atomic E-state index is 0.494. The Morgan fingerprint density at radius 2 is 1.38 bits per heavy atom. The predicted molar refractivity (Wildman–Crippen MR) is 99.7 cm³/mol. The molecule has 0 amide bonds. The molecular weight excluding hydrogens is 458 g/mol. The van der Waals surface area contributed by atoms with E-state index in [4.69, 9.17) is 5.26 Å². The van der Waals surface area contributed by atoms with Crippen LogP contribution in [-0.4, -0.2) is 0 Å². The van der Waals surface area contributed by atoms with Crippen LogP contribution >= 0.6 is 47.8 Å². The molecule has 0 radical (unpaired) electrons. The molecule has 0 heterocycles. The van der Waals surface area contributed by atoms with Gasteiger partial charge >= 0.3 is 0 Å². The topological polar surface area (TPSA) is 23.8 Å². The van der Waals surface area contributed by atoms with Crippen molar-refractivity contribution in [1.82, 2.24) is 0 Å². The highest BCUT2D eigenvalue weighted by Gasteiger charge is 1.95. The van der Waals surface area contributed by atoms with Crippen molar-refractivity contribution in [3.8, 4) is 6.07 Å². The van der Waals surface area contributed by atoms with E-state index in [0.29, 0.717) is 6.42 Å². The van der Waals surface area contributed by atoms with Crippen LogP contribution in [0.15, 0.2) is 45.3 Å². The van der Waals surface area contributed by atoms with Gasteiger partial charge in [-0.2, -0.15) is 5.26 Å². The number of alkyl halides is 1. The second-order valence-electron chi connectivity index (χ2n) is 4.64. The molecule has 1 nitrogen and oxygen atoms in total. The zero-order chi connectivity index (χ0) is 15.8. The number of hydrogen-bond acceptors (Lipinski definition) is 1. The number of halogens is 3. The molecule has 21 heavy (non-hydrogen) atoms. The molecule has 110 valence electrons. The maximum Gasteiger partial charge on any atom is 0.0669 e. The monoisotopic (exact) mass is 471 g/mol. The van der Waals surface area contributed by atoms with Crippen LogP contribution < -0.4 is 0 Å². The average Bonchev–Trinajstić information content (AvgIpc) is 2.47. The highest BCUT2D eigenvalue weighted by atomic mass is 79.9. The van der Waals surface area contributed by atoms with Crippen LogP contribution in [0.2, 0.25) is 0 Å². The lowest BCUT2D eigenvalue weighted by molar-refractivity contribution is 1.24. The van der Waals surface area contributed by atoms with E-state index in [2.05, 4.69) is 79.0 Å². The molecule has 2 rings (SSSR count). The zero-order valence-electron chi connectivity index (χ0n) is 12.0. The number of hydrogen-bond donors (Lipinski definition) is 0. The highest BCUT2D eigenvalue weighted by Crippen LogP contribution is 2.18. The fourth-order valence-electron chi connectivity index (χ4n) is 1.70. The first-order valence-corrected chi connectivity index (χ1v) is 9.11. The van der Waals surface area contributed by atoms with Crippen LogP contribution in [0.5, 0.6) is 0 Å². The summed E-state index contributed by atoms with van der Waals surface area (Å²) in [4.78, 5) is 0. The normalized spacial score (nSPS) is 9.52. The van der Waals surface area contributed by atoms with Gasteiger partial charge in [0.25, 0.3) is 0 Å². The lowest BCUT2D eigenvalue weighted by Crippen LogP contribution is -1.83. The number of aryl methyl sites for hydroxylation is 2. The van der Waals surface area contributed by atoms with Crippen molar-refractivity contribution in [2.45, 2.75) is 25.6 Å². The van der Waals surface area contributed by atoms with Crippen LogP contribution in [0, 0.1) is 25.2 Å². The molecule has 0 saturated heterocycles. The van der Waals surface area contributed by atoms with Crippen molar-refractivity contribution in [2.24, 2.45) is 0 Å². The third-order valence-corrected chi connectivity index (χ3v) is 5.31. The van der Waals surface area contributed by atoms with Gasteiger partial charge in [-0.3, -0.25) is 0 Å². The first kappa shape index (κ1) is 18.4. The van der Waals surface area contributed by atoms with E-state index in [0.717, 1.165) is 15.4 Å². The Hall–Kier alpha value is -0.630. The summed E-state index contributed by atoms with van der Waals surface area (Å²) in [6.45, 7) is 4.11. The fraction of sp³-hybridized carbons (Fsp3) is 0.235. The van der Waals surface area contributed by atoms with E-state index in [1.807, 2.05) is 25.1 Å². The van der Waals surface area contributed by atoms with Crippen LogP contribution in [-0.2, 0) is 11.8 Å². The summed E-state index contributed by atoms with van der Waals surface area (Å²) in [5, 5.41) is 9.35. The molecule has 0 aromatic heterocycles. The summed E-state index contributed by atoms with van der Waals surface area (Å²) in [7, 11) is 0. The quantitative estimate of drug-likeness (QED) is 0.458. The Bertz CT molecular complexity index is 645. The second kappa shape index (κ2) is 9.40. The van der Waals surface area contributed by atoms with Crippen molar-refractivity contribution in [1.29, 1.82) is 5.26 Å². The van der Waals surface area contributed by atoms with Gasteiger partial charge in [0.15, 0.2) is 0 Å². The number of nitrogens with zero attached hydrogens (tertiary/aromatic N) is 1. The molecule has 2 aromatic carbocycles. The van der Waals surface area contributed by atoms with Gasteiger partial charge in [-0.15, -0.1) is 0 Å². The van der Waals surface area contributed by atoms with Crippen LogP contribution in [0.4, 0.5) is 0 Å². The van der Waals surface area contributed by atoms with E-state index in [-0.39, 0.29) is 0 Å². The molecule has 0 N–H and O–H groups in total. The Morgan fingerprint density at radius 1 is 0.905 bits per heavy atom. The predicted octanol–water partition coefficient (Wildman–Crippen LogP) is 6.48. The third-order valence-electron chi connectivity index (χ3n) is 2.88. The van der Waals surface area contributed by atoms with Crippen molar-refractivity contribution in [3.05, 3.63) is 67.6 Å². The molecule has 0 aliphatic rings. The van der Waals surface area contributed by atoms with Gasteiger partial charge in [-0.05, 0) is 48.2 Å². The van der Waals surface area contributed by atoms with Crippen molar-refractivity contribution >= 4 is 47.8 Å². The molecular formula is C17H16Br3N. The summed E-state index contributed by atoms with van der Waals surface area (Å²) in [5.41, 5.74) is 4.86. The summed E-state index contributed by atoms with van der Waals surface area (Å²) in [5.74, 6) is 0. The average molecular weight is 474 g/mol. The molecule has 0 unspecified atom stereocenters. The molecule has 0 aliphatic carbocycles. The van der Waals surface area contributed by atoms with E-state index >= 15 is 0 Å². The molecule has 0 atom stereocenters. The Balaban J connectivity index is 0.000000211. The second-order valence-corrected chi connectivity index (χ2v) is 6.91. The molecule has 0 bridgehead atoms. The van der Waals surface area contributed by atoms with Gasteiger partial charge in [-0.25, -0.2) is 0 Å². The lowest BCUT2D eigenvalue weighted by Gasteiger charge is -1.99. The SMILES string of the molecule is Cc1cc(CBr)ccc1Br.Cc1cc(CC#N)ccc1Br. The molecule has 0 saturated carbocycles. The van der Waals surface area contributed by atoms with Crippen molar-refractivity contribution < 1.29 is 0 Å². The number of rotatable bonds is 2. The van der Waals surface area contributed by atoms with Gasteiger partial charge in [0.1, 0.15) is 0 Å². The van der Waals surface area contributed by atoms with Gasteiger partial charge in [-0.1, -0.05) is 72.1 Å². The smallest absolute Gasteiger partial charge is 0.0669 e. The molecule has 2 aromatic rings. The van der Waals surface area contributed by atoms with E-state index < -0.39 is 0 Å². The Labute approximate surface area is 151 Å². The minimum atomic E-state index is 0.494. The standard InChI is InChI=1S/C9H8BrN.C8H8Br2/c1-7-6-8(4-5-11)2-3-9(7)10;1-6-4-7(5-9)2-3-8(6)10/h2-3,6H,4H2,1H3;2-4H,5H2,1H3. The number of nitriles is 1. The highest BCUT2D eigenvalue weighted by molar-refractivity contribution is 9.10. The minimum Gasteiger partial charge on any atom is -0.198 e. The maximum atomic E-state index is 8.42. The first-order valence-electron chi connectivity index (χ1n) is 6.41. The molecule has 0 spiro atoms. The van der Waals surface area contributed by atoms with Crippen molar-refractivity contribution in [3.63, 3.8) is 0 Å². The van der Waals surface area contributed by atoms with Gasteiger partial charge < -0.3 is 0 Å². The molecule has 0 aliphatic heterocycles. The first-order chi connectivity index (χ1) is 9.97. The summed E-state index contributed by atoms with van der Waals surface area (Å²) < 4.78 is 2.27. The lowest BCUT2D eigenvalue weighted by atomic mass is 10.1. The van der Waals surface area contributed by atoms with Crippen LogP contribution in [0.3, 0.4) is 0 Å². The number of benzene rings is 2. The molecule has 4 heteroatoms. The largest absolute Gasteiger partial charge is 0.198 e. The zero-order valence-corrected chi connectivity index (χ0v) is 16.7. The Morgan fingerprint density at radius 3 is 1.81 bits per heavy atom. The fourth-order valence-corrected chi connectivity index (χ4v) is 2.54. The Kier molecular flexibility index (Phi) is 8.24. The summed E-state index contributed by atoms with van der Waals surface area (Å²) in [6.07, 6.45) is 0.494. The summed E-state index contributed by atoms with van der Waals surface area (Å²) in [6, 6.07) is 14.4. The van der Waals surface area contributed by atoms with Gasteiger partial charge in [0.05, 0.1) is 12.5 Å². The van der Waals surface area contributed by atoms with E-state index in [9.17, 15) is 0 Å². The molecule has 0 fully saturated rings. The third kappa shape index (κ3) is 6.34. The maximum absolute atomic E-state index is 8.42.